The Balaban J connectivity index is 2.81. The van der Waals surface area contributed by atoms with Crippen molar-refractivity contribution in [3.63, 3.8) is 0 Å². The Bertz CT molecular complexity index is 649. The van der Waals surface area contributed by atoms with Crippen molar-refractivity contribution in [1.82, 2.24) is 14.6 Å². The van der Waals surface area contributed by atoms with E-state index in [1.807, 2.05) is 20.8 Å². The van der Waals surface area contributed by atoms with Gasteiger partial charge in [0.2, 0.25) is 0 Å². The van der Waals surface area contributed by atoms with Crippen molar-refractivity contribution >= 4 is 34.2 Å². The fourth-order valence-corrected chi connectivity index (χ4v) is 2.74. The zero-order chi connectivity index (χ0) is 14.2. The Labute approximate surface area is 125 Å². The quantitative estimate of drug-likeness (QED) is 0.836. The Kier molecular flexibility index (Phi) is 4.07. The Morgan fingerprint density at radius 1 is 1.37 bits per heavy atom. The molecule has 0 radical (unpaired) electrons. The van der Waals surface area contributed by atoms with Crippen LogP contribution in [0.4, 0.5) is 0 Å². The van der Waals surface area contributed by atoms with Gasteiger partial charge in [0, 0.05) is 17.0 Å². The number of nitrogens with zero attached hydrogens (tertiary/aromatic N) is 3. The van der Waals surface area contributed by atoms with E-state index in [1.165, 1.54) is 0 Å². The average Bonchev–Trinajstić information content (AvgIpc) is 2.64. The first kappa shape index (κ1) is 14.2. The van der Waals surface area contributed by atoms with Crippen LogP contribution in [0.2, 0.25) is 0 Å². The molecule has 102 valence electrons. The molecule has 2 heterocycles. The standard InChI is InChI=1S/C13H16IN3O2/c1-4-9-8(6-11(18)19)10(5-2)17-13(15-9)12(14)7(3)16-17/h4-6H2,1-3H3,(H,18,19). The summed E-state index contributed by atoms with van der Waals surface area (Å²) in [4.78, 5) is 15.7. The second kappa shape index (κ2) is 5.44. The highest BCUT2D eigenvalue weighted by molar-refractivity contribution is 14.1. The maximum Gasteiger partial charge on any atom is 0.307 e. The number of hydrogen-bond acceptors (Lipinski definition) is 3. The number of aryl methyl sites for hydroxylation is 3. The van der Waals surface area contributed by atoms with E-state index in [0.717, 1.165) is 44.7 Å². The molecule has 19 heavy (non-hydrogen) atoms. The van der Waals surface area contributed by atoms with Gasteiger partial charge in [-0.15, -0.1) is 0 Å². The molecule has 2 aromatic rings. The number of carbonyl (C=O) groups is 1. The van der Waals surface area contributed by atoms with Gasteiger partial charge in [-0.3, -0.25) is 4.79 Å². The zero-order valence-corrected chi connectivity index (χ0v) is 13.4. The summed E-state index contributed by atoms with van der Waals surface area (Å²) in [5.74, 6) is -0.830. The van der Waals surface area contributed by atoms with E-state index in [0.29, 0.717) is 0 Å². The number of carboxylic acid groups (broad SMARTS) is 1. The van der Waals surface area contributed by atoms with Crippen LogP contribution in [0.1, 0.15) is 36.5 Å². The summed E-state index contributed by atoms with van der Waals surface area (Å²) in [6.07, 6.45) is 1.48. The highest BCUT2D eigenvalue weighted by atomic mass is 127. The highest BCUT2D eigenvalue weighted by Crippen LogP contribution is 2.23. The first-order valence-corrected chi connectivity index (χ1v) is 7.34. The molecule has 0 atom stereocenters. The van der Waals surface area contributed by atoms with E-state index in [9.17, 15) is 4.79 Å². The third-order valence-corrected chi connectivity index (χ3v) is 4.42. The Morgan fingerprint density at radius 2 is 2.05 bits per heavy atom. The topological polar surface area (TPSA) is 67.5 Å². The van der Waals surface area contributed by atoms with Gasteiger partial charge in [0.1, 0.15) is 0 Å². The molecule has 2 rings (SSSR count). The zero-order valence-electron chi connectivity index (χ0n) is 11.2. The van der Waals surface area contributed by atoms with Crippen molar-refractivity contribution in [3.8, 4) is 0 Å². The first-order valence-electron chi connectivity index (χ1n) is 6.26. The number of fused-ring (bicyclic) bond motifs is 1. The summed E-state index contributed by atoms with van der Waals surface area (Å²) in [5.41, 5.74) is 4.39. The number of halogens is 1. The molecule has 0 aromatic carbocycles. The minimum absolute atomic E-state index is 0.00474. The van der Waals surface area contributed by atoms with Gasteiger partial charge in [0.25, 0.3) is 0 Å². The second-order valence-corrected chi connectivity index (χ2v) is 5.47. The molecule has 0 unspecified atom stereocenters. The summed E-state index contributed by atoms with van der Waals surface area (Å²) < 4.78 is 2.83. The van der Waals surface area contributed by atoms with Gasteiger partial charge in [-0.25, -0.2) is 9.50 Å². The van der Waals surface area contributed by atoms with Crippen LogP contribution < -0.4 is 0 Å². The molecule has 0 saturated carbocycles. The second-order valence-electron chi connectivity index (χ2n) is 4.40. The maximum absolute atomic E-state index is 11.1. The molecule has 0 saturated heterocycles. The summed E-state index contributed by atoms with van der Waals surface area (Å²) in [5, 5.41) is 13.6. The molecular formula is C13H16IN3O2. The van der Waals surface area contributed by atoms with E-state index in [1.54, 1.807) is 4.52 Å². The van der Waals surface area contributed by atoms with Gasteiger partial charge in [-0.05, 0) is 42.4 Å². The number of aliphatic carboxylic acids is 1. The number of aromatic nitrogens is 3. The SMILES string of the molecule is CCc1nc2c(I)c(C)nn2c(CC)c1CC(=O)O. The Hall–Kier alpha value is -1.18. The third kappa shape index (κ3) is 2.45. The molecule has 0 aliphatic heterocycles. The molecule has 0 amide bonds. The van der Waals surface area contributed by atoms with Crippen LogP contribution >= 0.6 is 22.6 Å². The monoisotopic (exact) mass is 373 g/mol. The lowest BCUT2D eigenvalue weighted by atomic mass is 10.0. The molecule has 5 nitrogen and oxygen atoms in total. The summed E-state index contributed by atoms with van der Waals surface area (Å²) in [7, 11) is 0. The van der Waals surface area contributed by atoms with Crippen LogP contribution in [0.3, 0.4) is 0 Å². The van der Waals surface area contributed by atoms with Crippen LogP contribution in [0.15, 0.2) is 0 Å². The van der Waals surface area contributed by atoms with E-state index in [4.69, 9.17) is 5.11 Å². The van der Waals surface area contributed by atoms with Crippen LogP contribution in [-0.4, -0.2) is 25.7 Å². The van der Waals surface area contributed by atoms with Crippen molar-refractivity contribution in [1.29, 1.82) is 0 Å². The van der Waals surface area contributed by atoms with Crippen molar-refractivity contribution in [2.75, 3.05) is 0 Å². The first-order chi connectivity index (χ1) is 8.99. The molecule has 6 heteroatoms. The number of rotatable bonds is 4. The van der Waals surface area contributed by atoms with Crippen LogP contribution in [-0.2, 0) is 24.1 Å². The third-order valence-electron chi connectivity index (χ3n) is 3.16. The fourth-order valence-electron chi connectivity index (χ4n) is 2.28. The summed E-state index contributed by atoms with van der Waals surface area (Å²) >= 11 is 2.24. The van der Waals surface area contributed by atoms with Crippen molar-refractivity contribution in [3.05, 3.63) is 26.2 Å². The van der Waals surface area contributed by atoms with Gasteiger partial charge in [0.15, 0.2) is 5.65 Å². The molecular weight excluding hydrogens is 357 g/mol. The molecule has 0 bridgehead atoms. The number of hydrogen-bond donors (Lipinski definition) is 1. The Morgan fingerprint density at radius 3 is 2.58 bits per heavy atom. The van der Waals surface area contributed by atoms with Crippen LogP contribution in [0, 0.1) is 10.5 Å². The molecule has 0 spiro atoms. The lowest BCUT2D eigenvalue weighted by Crippen LogP contribution is -2.13. The minimum atomic E-state index is -0.830. The van der Waals surface area contributed by atoms with Crippen molar-refractivity contribution in [2.45, 2.75) is 40.0 Å². The van der Waals surface area contributed by atoms with E-state index < -0.39 is 5.97 Å². The summed E-state index contributed by atoms with van der Waals surface area (Å²) in [6.45, 7) is 5.96. The van der Waals surface area contributed by atoms with Crippen molar-refractivity contribution < 1.29 is 9.90 Å². The van der Waals surface area contributed by atoms with Gasteiger partial charge >= 0.3 is 5.97 Å². The van der Waals surface area contributed by atoms with Crippen molar-refractivity contribution in [2.24, 2.45) is 0 Å². The normalized spacial score (nSPS) is 11.2. The lowest BCUT2D eigenvalue weighted by molar-refractivity contribution is -0.136. The van der Waals surface area contributed by atoms with E-state index in [-0.39, 0.29) is 6.42 Å². The van der Waals surface area contributed by atoms with Gasteiger partial charge < -0.3 is 5.11 Å². The van der Waals surface area contributed by atoms with Crippen LogP contribution in [0.25, 0.3) is 5.65 Å². The largest absolute Gasteiger partial charge is 0.481 e. The molecule has 1 N–H and O–H groups in total. The minimum Gasteiger partial charge on any atom is -0.481 e. The van der Waals surface area contributed by atoms with Crippen LogP contribution in [0.5, 0.6) is 0 Å². The van der Waals surface area contributed by atoms with Gasteiger partial charge in [0.05, 0.1) is 15.7 Å². The molecule has 0 aliphatic rings. The molecule has 2 aromatic heterocycles. The predicted molar refractivity (Wildman–Crippen MR) is 80.5 cm³/mol. The lowest BCUT2D eigenvalue weighted by Gasteiger charge is -2.12. The maximum atomic E-state index is 11.1. The summed E-state index contributed by atoms with van der Waals surface area (Å²) in [6, 6.07) is 0. The molecule has 0 fully saturated rings. The fraction of sp³-hybridized carbons (Fsp3) is 0.462. The highest BCUT2D eigenvalue weighted by Gasteiger charge is 2.19. The van der Waals surface area contributed by atoms with Gasteiger partial charge in [-0.1, -0.05) is 13.8 Å². The van der Waals surface area contributed by atoms with Gasteiger partial charge in [-0.2, -0.15) is 5.10 Å². The smallest absolute Gasteiger partial charge is 0.307 e. The number of carboxylic acids is 1. The molecule has 0 aliphatic carbocycles. The average molecular weight is 373 g/mol. The predicted octanol–water partition coefficient (Wildman–Crippen LogP) is 2.39. The van der Waals surface area contributed by atoms with E-state index in [2.05, 4.69) is 32.7 Å². The van der Waals surface area contributed by atoms with E-state index >= 15 is 0 Å².